The van der Waals surface area contributed by atoms with Gasteiger partial charge in [-0.3, -0.25) is 4.79 Å². The van der Waals surface area contributed by atoms with Gasteiger partial charge in [-0.15, -0.1) is 0 Å². The molecule has 110 valence electrons. The third-order valence-corrected chi connectivity index (χ3v) is 4.38. The average Bonchev–Trinajstić information content (AvgIpc) is 2.40. The molecule has 20 heavy (non-hydrogen) atoms. The van der Waals surface area contributed by atoms with E-state index >= 15 is 0 Å². The summed E-state index contributed by atoms with van der Waals surface area (Å²) in [4.78, 5) is 13.4. The van der Waals surface area contributed by atoms with Crippen LogP contribution >= 0.6 is 11.6 Å². The van der Waals surface area contributed by atoms with Gasteiger partial charge in [-0.2, -0.15) is 0 Å². The lowest BCUT2D eigenvalue weighted by molar-refractivity contribution is -0.119. The molecule has 0 spiro atoms. The van der Waals surface area contributed by atoms with Gasteiger partial charge < -0.3 is 10.6 Å². The van der Waals surface area contributed by atoms with Gasteiger partial charge in [0.1, 0.15) is 0 Å². The maximum atomic E-state index is 10.9. The van der Waals surface area contributed by atoms with Crippen LogP contribution in [0.25, 0.3) is 0 Å². The summed E-state index contributed by atoms with van der Waals surface area (Å²) in [5.41, 5.74) is 6.55. The highest BCUT2D eigenvalue weighted by molar-refractivity contribution is 6.30. The molecule has 1 heterocycles. The molecule has 4 heteroatoms. The summed E-state index contributed by atoms with van der Waals surface area (Å²) in [6.45, 7) is 5.40. The Kier molecular flexibility index (Phi) is 5.44. The van der Waals surface area contributed by atoms with Crippen molar-refractivity contribution < 1.29 is 4.79 Å². The second-order valence-corrected chi connectivity index (χ2v) is 6.31. The molecule has 0 saturated carbocycles. The molecule has 1 atom stereocenters. The van der Waals surface area contributed by atoms with Crippen molar-refractivity contribution >= 4 is 17.5 Å². The van der Waals surface area contributed by atoms with Crippen LogP contribution in [-0.2, 0) is 4.79 Å². The first-order valence-corrected chi connectivity index (χ1v) is 7.68. The molecular weight excluding hydrogens is 272 g/mol. The number of benzene rings is 1. The number of hydrogen-bond acceptors (Lipinski definition) is 2. The summed E-state index contributed by atoms with van der Waals surface area (Å²) in [7, 11) is 0. The lowest BCUT2D eigenvalue weighted by atomic mass is 9.92. The van der Waals surface area contributed by atoms with E-state index in [2.05, 4.69) is 17.9 Å². The molecule has 0 radical (unpaired) electrons. The van der Waals surface area contributed by atoms with Gasteiger partial charge in [0, 0.05) is 18.0 Å². The second-order valence-electron chi connectivity index (χ2n) is 5.87. The summed E-state index contributed by atoms with van der Waals surface area (Å²) in [6, 6.07) is 8.10. The van der Waals surface area contributed by atoms with Crippen LogP contribution in [0.2, 0.25) is 5.02 Å². The number of likely N-dealkylation sites (tertiary alicyclic amines) is 1. The molecule has 0 bridgehead atoms. The molecule has 0 aliphatic carbocycles. The highest BCUT2D eigenvalue weighted by Crippen LogP contribution is 2.24. The maximum Gasteiger partial charge on any atom is 0.217 e. The number of nitrogens with two attached hydrogens (primary N) is 1. The fraction of sp³-hybridized carbons (Fsp3) is 0.562. The third-order valence-electron chi connectivity index (χ3n) is 4.15. The normalized spacial score (nSPS) is 18.9. The monoisotopic (exact) mass is 294 g/mol. The minimum absolute atomic E-state index is 0.171. The van der Waals surface area contributed by atoms with E-state index in [1.165, 1.54) is 5.56 Å². The molecule has 2 rings (SSSR count). The molecule has 1 saturated heterocycles. The van der Waals surface area contributed by atoms with Gasteiger partial charge >= 0.3 is 0 Å². The second kappa shape index (κ2) is 7.09. The molecule has 3 nitrogen and oxygen atoms in total. The zero-order valence-electron chi connectivity index (χ0n) is 12.0. The van der Waals surface area contributed by atoms with Crippen molar-refractivity contribution in [2.24, 2.45) is 11.7 Å². The zero-order valence-corrected chi connectivity index (χ0v) is 12.8. The molecule has 1 aliphatic heterocycles. The molecule has 0 aromatic heterocycles. The SMILES string of the molecule is C[C@H](CN1CCC(CC(N)=O)CC1)c1cccc(Cl)c1. The van der Waals surface area contributed by atoms with Gasteiger partial charge in [0.25, 0.3) is 0 Å². The molecule has 0 unspecified atom stereocenters. The Balaban J connectivity index is 1.82. The number of rotatable bonds is 5. The number of amides is 1. The number of carbonyl (C=O) groups is 1. The summed E-state index contributed by atoms with van der Waals surface area (Å²) in [5, 5.41) is 0.800. The number of carbonyl (C=O) groups excluding carboxylic acids is 1. The first-order chi connectivity index (χ1) is 9.54. The Hall–Kier alpha value is -1.06. The standard InChI is InChI=1S/C16H23ClN2O/c1-12(14-3-2-4-15(17)10-14)11-19-7-5-13(6-8-19)9-16(18)20/h2-4,10,12-13H,5-9,11H2,1H3,(H2,18,20)/t12-/m1/s1. The summed E-state index contributed by atoms with van der Waals surface area (Å²) in [6.07, 6.45) is 2.69. The van der Waals surface area contributed by atoms with Crippen molar-refractivity contribution in [2.75, 3.05) is 19.6 Å². The number of primary amides is 1. The Bertz CT molecular complexity index is 456. The van der Waals surface area contributed by atoms with Gasteiger partial charge in [-0.25, -0.2) is 0 Å². The molecule has 1 aromatic rings. The van der Waals surface area contributed by atoms with Gasteiger partial charge in [0.2, 0.25) is 5.91 Å². The lowest BCUT2D eigenvalue weighted by Crippen LogP contribution is -2.37. The van der Waals surface area contributed by atoms with Crippen LogP contribution in [0.1, 0.15) is 37.7 Å². The molecule has 2 N–H and O–H groups in total. The molecular formula is C16H23ClN2O. The topological polar surface area (TPSA) is 46.3 Å². The number of hydrogen-bond donors (Lipinski definition) is 1. The van der Waals surface area contributed by atoms with Crippen molar-refractivity contribution in [1.82, 2.24) is 4.90 Å². The predicted octanol–water partition coefficient (Wildman–Crippen LogP) is 3.03. The minimum atomic E-state index is -0.171. The van der Waals surface area contributed by atoms with Gasteiger partial charge in [-0.05, 0) is 55.5 Å². The van der Waals surface area contributed by atoms with Crippen molar-refractivity contribution in [1.29, 1.82) is 0 Å². The molecule has 1 amide bonds. The van der Waals surface area contributed by atoms with Crippen LogP contribution in [0.5, 0.6) is 0 Å². The first kappa shape index (κ1) is 15.3. The van der Waals surface area contributed by atoms with Gasteiger partial charge in [0.15, 0.2) is 0 Å². The first-order valence-electron chi connectivity index (χ1n) is 7.30. The number of nitrogens with zero attached hydrogens (tertiary/aromatic N) is 1. The fourth-order valence-corrected chi connectivity index (χ4v) is 3.16. The highest BCUT2D eigenvalue weighted by Gasteiger charge is 2.22. The third kappa shape index (κ3) is 4.50. The Morgan fingerprint density at radius 1 is 1.45 bits per heavy atom. The molecule has 1 aliphatic rings. The van der Waals surface area contributed by atoms with E-state index in [0.717, 1.165) is 37.5 Å². The minimum Gasteiger partial charge on any atom is -0.370 e. The summed E-state index contributed by atoms with van der Waals surface area (Å²) in [5.74, 6) is 0.780. The Morgan fingerprint density at radius 3 is 2.75 bits per heavy atom. The van der Waals surface area contributed by atoms with E-state index in [9.17, 15) is 4.79 Å². The van der Waals surface area contributed by atoms with E-state index in [-0.39, 0.29) is 5.91 Å². The van der Waals surface area contributed by atoms with Crippen LogP contribution < -0.4 is 5.73 Å². The number of halogens is 1. The van der Waals surface area contributed by atoms with Crippen molar-refractivity contribution in [3.8, 4) is 0 Å². The van der Waals surface area contributed by atoms with Gasteiger partial charge in [-0.1, -0.05) is 30.7 Å². The molecule has 1 aromatic carbocycles. The van der Waals surface area contributed by atoms with Crippen LogP contribution in [0.4, 0.5) is 0 Å². The van der Waals surface area contributed by atoms with Gasteiger partial charge in [0.05, 0.1) is 0 Å². The van der Waals surface area contributed by atoms with E-state index < -0.39 is 0 Å². The summed E-state index contributed by atoms with van der Waals surface area (Å²) >= 11 is 6.04. The van der Waals surface area contributed by atoms with E-state index in [0.29, 0.717) is 18.3 Å². The van der Waals surface area contributed by atoms with Crippen molar-refractivity contribution in [2.45, 2.75) is 32.1 Å². The quantitative estimate of drug-likeness (QED) is 0.907. The Morgan fingerprint density at radius 2 is 2.15 bits per heavy atom. The van der Waals surface area contributed by atoms with Crippen LogP contribution in [-0.4, -0.2) is 30.4 Å². The summed E-state index contributed by atoms with van der Waals surface area (Å²) < 4.78 is 0. The number of piperidine rings is 1. The van der Waals surface area contributed by atoms with Crippen LogP contribution in [0.15, 0.2) is 24.3 Å². The molecule has 1 fully saturated rings. The maximum absolute atomic E-state index is 10.9. The van der Waals surface area contributed by atoms with E-state index in [1.807, 2.05) is 18.2 Å². The lowest BCUT2D eigenvalue weighted by Gasteiger charge is -2.33. The largest absolute Gasteiger partial charge is 0.370 e. The van der Waals surface area contributed by atoms with Crippen LogP contribution in [0, 0.1) is 5.92 Å². The van der Waals surface area contributed by atoms with E-state index in [4.69, 9.17) is 17.3 Å². The fourth-order valence-electron chi connectivity index (χ4n) is 2.96. The van der Waals surface area contributed by atoms with Crippen molar-refractivity contribution in [3.05, 3.63) is 34.9 Å². The zero-order chi connectivity index (χ0) is 14.5. The smallest absolute Gasteiger partial charge is 0.217 e. The highest BCUT2D eigenvalue weighted by atomic mass is 35.5. The van der Waals surface area contributed by atoms with E-state index in [1.54, 1.807) is 0 Å². The predicted molar refractivity (Wildman–Crippen MR) is 82.8 cm³/mol. The van der Waals surface area contributed by atoms with Crippen molar-refractivity contribution in [3.63, 3.8) is 0 Å². The average molecular weight is 295 g/mol. The van der Waals surface area contributed by atoms with Crippen LogP contribution in [0.3, 0.4) is 0 Å². The Labute approximate surface area is 126 Å².